The topological polar surface area (TPSA) is 36.1 Å². The molecule has 1 N–H and O–H groups in total. The highest BCUT2D eigenvalue weighted by atomic mass is 19.1. The third-order valence-electron chi connectivity index (χ3n) is 6.68. The minimum absolute atomic E-state index is 0.151. The van der Waals surface area contributed by atoms with Gasteiger partial charge in [0, 0.05) is 35.2 Å². The number of nitrogens with one attached hydrogen (secondary N) is 1. The molecule has 5 rings (SSSR count). The predicted octanol–water partition coefficient (Wildman–Crippen LogP) is 5.28. The number of piperidine rings is 1. The zero-order valence-electron chi connectivity index (χ0n) is 16.7. The molecule has 1 aliphatic carbocycles. The molecule has 0 atom stereocenters. The van der Waals surface area contributed by atoms with Crippen LogP contribution in [-0.4, -0.2) is 28.9 Å². The molecule has 0 unspecified atom stereocenters. The SMILES string of the molecule is O=C(c1ccc2[nH]c3c(c2c1)CCCC3)N1CCC(Cc2ccc(F)cc2)CC1. The van der Waals surface area contributed by atoms with Crippen LogP contribution in [0.5, 0.6) is 0 Å². The molecule has 2 heterocycles. The van der Waals surface area contributed by atoms with Crippen LogP contribution in [0.25, 0.3) is 10.9 Å². The van der Waals surface area contributed by atoms with E-state index >= 15 is 0 Å². The summed E-state index contributed by atoms with van der Waals surface area (Å²) in [5, 5.41) is 1.23. The molecule has 2 aliphatic rings. The molecule has 0 spiro atoms. The molecule has 0 bridgehead atoms. The van der Waals surface area contributed by atoms with Crippen molar-refractivity contribution in [1.82, 2.24) is 9.88 Å². The molecular formula is C25H27FN2O. The molecule has 29 heavy (non-hydrogen) atoms. The first-order valence-corrected chi connectivity index (χ1v) is 10.8. The molecule has 1 aromatic heterocycles. The number of halogens is 1. The van der Waals surface area contributed by atoms with E-state index in [0.29, 0.717) is 5.92 Å². The third kappa shape index (κ3) is 3.68. The Kier molecular flexibility index (Phi) is 4.86. The molecule has 1 saturated heterocycles. The number of hydrogen-bond acceptors (Lipinski definition) is 1. The lowest BCUT2D eigenvalue weighted by molar-refractivity contribution is 0.0690. The van der Waals surface area contributed by atoms with Crippen molar-refractivity contribution in [1.29, 1.82) is 0 Å². The quantitative estimate of drug-likeness (QED) is 0.649. The second-order valence-electron chi connectivity index (χ2n) is 8.62. The number of aromatic amines is 1. The van der Waals surface area contributed by atoms with E-state index in [9.17, 15) is 9.18 Å². The highest BCUT2D eigenvalue weighted by Crippen LogP contribution is 2.30. The van der Waals surface area contributed by atoms with Gasteiger partial charge in [0.25, 0.3) is 5.91 Å². The fraction of sp³-hybridized carbons (Fsp3) is 0.400. The smallest absolute Gasteiger partial charge is 0.253 e. The summed E-state index contributed by atoms with van der Waals surface area (Å²) in [4.78, 5) is 18.7. The number of hydrogen-bond donors (Lipinski definition) is 1. The normalized spacial score (nSPS) is 17.5. The van der Waals surface area contributed by atoms with E-state index in [0.717, 1.165) is 56.3 Å². The van der Waals surface area contributed by atoms with E-state index in [1.165, 1.54) is 47.2 Å². The maximum Gasteiger partial charge on any atom is 0.253 e. The van der Waals surface area contributed by atoms with Gasteiger partial charge < -0.3 is 9.88 Å². The van der Waals surface area contributed by atoms with E-state index in [2.05, 4.69) is 17.1 Å². The van der Waals surface area contributed by atoms with Gasteiger partial charge in [0.15, 0.2) is 0 Å². The van der Waals surface area contributed by atoms with Gasteiger partial charge in [-0.3, -0.25) is 4.79 Å². The molecule has 0 radical (unpaired) electrons. The van der Waals surface area contributed by atoms with Gasteiger partial charge >= 0.3 is 0 Å². The first-order valence-electron chi connectivity index (χ1n) is 10.8. The van der Waals surface area contributed by atoms with Gasteiger partial charge in [-0.15, -0.1) is 0 Å². The number of likely N-dealkylation sites (tertiary alicyclic amines) is 1. The van der Waals surface area contributed by atoms with Crippen molar-refractivity contribution >= 4 is 16.8 Å². The van der Waals surface area contributed by atoms with Crippen LogP contribution < -0.4 is 0 Å². The largest absolute Gasteiger partial charge is 0.358 e. The number of carbonyl (C=O) groups is 1. The highest BCUT2D eigenvalue weighted by molar-refractivity contribution is 5.99. The Morgan fingerprint density at radius 3 is 2.59 bits per heavy atom. The Bertz CT molecular complexity index is 1030. The van der Waals surface area contributed by atoms with Crippen molar-refractivity contribution in [2.24, 2.45) is 5.92 Å². The van der Waals surface area contributed by atoms with E-state index in [1.807, 2.05) is 23.1 Å². The number of aryl methyl sites for hydroxylation is 2. The van der Waals surface area contributed by atoms with E-state index in [-0.39, 0.29) is 11.7 Å². The number of amides is 1. The number of benzene rings is 2. The Labute approximate surface area is 170 Å². The summed E-state index contributed by atoms with van der Waals surface area (Å²) in [5.41, 5.74) is 5.92. The molecule has 2 aromatic carbocycles. The van der Waals surface area contributed by atoms with Crippen molar-refractivity contribution in [2.75, 3.05) is 13.1 Å². The van der Waals surface area contributed by atoms with E-state index < -0.39 is 0 Å². The van der Waals surface area contributed by atoms with Gasteiger partial charge in [0.2, 0.25) is 0 Å². The third-order valence-corrected chi connectivity index (χ3v) is 6.68. The van der Waals surface area contributed by atoms with Gasteiger partial charge in [0.05, 0.1) is 0 Å². The van der Waals surface area contributed by atoms with Gasteiger partial charge in [-0.2, -0.15) is 0 Å². The van der Waals surface area contributed by atoms with Gasteiger partial charge in [0.1, 0.15) is 5.82 Å². The van der Waals surface area contributed by atoms with Crippen LogP contribution in [0.1, 0.15) is 52.9 Å². The number of fused-ring (bicyclic) bond motifs is 3. The van der Waals surface area contributed by atoms with Crippen molar-refractivity contribution in [3.8, 4) is 0 Å². The lowest BCUT2D eigenvalue weighted by Crippen LogP contribution is -2.38. The monoisotopic (exact) mass is 390 g/mol. The molecule has 1 fully saturated rings. The fourth-order valence-electron chi connectivity index (χ4n) is 5.02. The second kappa shape index (κ2) is 7.66. The zero-order chi connectivity index (χ0) is 19.8. The van der Waals surface area contributed by atoms with Gasteiger partial charge in [-0.25, -0.2) is 4.39 Å². The molecule has 1 amide bonds. The summed E-state index contributed by atoms with van der Waals surface area (Å²) in [6, 6.07) is 13.0. The average Bonchev–Trinajstić information content (AvgIpc) is 3.13. The average molecular weight is 391 g/mol. The molecular weight excluding hydrogens is 363 g/mol. The summed E-state index contributed by atoms with van der Waals surface area (Å²) in [6.07, 6.45) is 7.69. The van der Waals surface area contributed by atoms with Crippen molar-refractivity contribution in [3.63, 3.8) is 0 Å². The Balaban J connectivity index is 1.26. The summed E-state index contributed by atoms with van der Waals surface area (Å²) < 4.78 is 13.1. The van der Waals surface area contributed by atoms with Crippen molar-refractivity contribution < 1.29 is 9.18 Å². The van der Waals surface area contributed by atoms with Crippen LogP contribution in [0.15, 0.2) is 42.5 Å². The van der Waals surface area contributed by atoms with Crippen LogP contribution in [0, 0.1) is 11.7 Å². The zero-order valence-corrected chi connectivity index (χ0v) is 16.7. The minimum Gasteiger partial charge on any atom is -0.358 e. The van der Waals surface area contributed by atoms with Crippen LogP contribution in [0.2, 0.25) is 0 Å². The summed E-state index contributed by atoms with van der Waals surface area (Å²) in [6.45, 7) is 1.60. The maximum atomic E-state index is 13.1. The molecule has 3 nitrogen and oxygen atoms in total. The van der Waals surface area contributed by atoms with Crippen molar-refractivity contribution in [3.05, 3.63) is 70.7 Å². The number of carbonyl (C=O) groups excluding carboxylic acids is 1. The fourth-order valence-corrected chi connectivity index (χ4v) is 5.02. The molecule has 4 heteroatoms. The Morgan fingerprint density at radius 1 is 1.03 bits per heavy atom. The maximum absolute atomic E-state index is 13.1. The molecule has 0 saturated carbocycles. The van der Waals surface area contributed by atoms with Crippen molar-refractivity contribution in [2.45, 2.75) is 44.9 Å². The lowest BCUT2D eigenvalue weighted by atomic mass is 9.90. The number of rotatable bonds is 3. The lowest BCUT2D eigenvalue weighted by Gasteiger charge is -2.32. The molecule has 3 aromatic rings. The first-order chi connectivity index (χ1) is 14.2. The molecule has 1 aliphatic heterocycles. The van der Waals surface area contributed by atoms with Gasteiger partial charge in [-0.05, 0) is 92.3 Å². The summed E-state index contributed by atoms with van der Waals surface area (Å²) >= 11 is 0. The summed E-state index contributed by atoms with van der Waals surface area (Å²) in [5.74, 6) is 0.524. The van der Waals surface area contributed by atoms with Crippen LogP contribution in [-0.2, 0) is 19.3 Å². The summed E-state index contributed by atoms with van der Waals surface area (Å²) in [7, 11) is 0. The number of nitrogens with zero attached hydrogens (tertiary/aromatic N) is 1. The van der Waals surface area contributed by atoms with Crippen LogP contribution in [0.4, 0.5) is 4.39 Å². The predicted molar refractivity (Wildman–Crippen MR) is 114 cm³/mol. The van der Waals surface area contributed by atoms with Crippen LogP contribution in [0.3, 0.4) is 0 Å². The van der Waals surface area contributed by atoms with E-state index in [4.69, 9.17) is 0 Å². The minimum atomic E-state index is -0.185. The second-order valence-corrected chi connectivity index (χ2v) is 8.62. The number of H-pyrrole nitrogens is 1. The number of aromatic nitrogens is 1. The standard InChI is InChI=1S/C25H27FN2O/c26-20-8-5-17(6-9-20)15-18-11-13-28(14-12-18)25(29)19-7-10-24-22(16-19)21-3-1-2-4-23(21)27-24/h5-10,16,18,27H,1-4,11-15H2. The Morgan fingerprint density at radius 2 is 1.79 bits per heavy atom. The highest BCUT2D eigenvalue weighted by Gasteiger charge is 2.25. The Hall–Kier alpha value is -2.62. The first kappa shape index (κ1) is 18.4. The molecule has 150 valence electrons. The van der Waals surface area contributed by atoms with Gasteiger partial charge in [-0.1, -0.05) is 12.1 Å². The van der Waals surface area contributed by atoms with Crippen LogP contribution >= 0.6 is 0 Å². The van der Waals surface area contributed by atoms with E-state index in [1.54, 1.807) is 0 Å².